The van der Waals surface area contributed by atoms with E-state index in [1.54, 1.807) is 0 Å². The van der Waals surface area contributed by atoms with Crippen molar-refractivity contribution in [2.24, 2.45) is 0 Å². The third-order valence-corrected chi connectivity index (χ3v) is 4.31. The van der Waals surface area contributed by atoms with Crippen LogP contribution >= 0.6 is 0 Å². The van der Waals surface area contributed by atoms with Gasteiger partial charge in [-0.05, 0) is 43.4 Å². The Morgan fingerprint density at radius 3 is 2.36 bits per heavy atom. The lowest BCUT2D eigenvalue weighted by molar-refractivity contribution is -0.922. The molecule has 1 aliphatic heterocycles. The number of carboxylic acid groups (broad SMARTS) is 1. The average Bonchev–Trinajstić information content (AvgIpc) is 2.54. The summed E-state index contributed by atoms with van der Waals surface area (Å²) in [6.45, 7) is 3.67. The summed E-state index contributed by atoms with van der Waals surface area (Å²) in [6, 6.07) is 6.86. The number of nitrogens with one attached hydrogen (secondary N) is 2. The second-order valence-electron chi connectivity index (χ2n) is 5.89. The molecular formula is C17H24N2O3. The molecule has 5 heteroatoms. The van der Waals surface area contributed by atoms with Crippen molar-refractivity contribution in [2.45, 2.75) is 45.1 Å². The summed E-state index contributed by atoms with van der Waals surface area (Å²) in [6.07, 6.45) is 4.07. The first-order valence-electron chi connectivity index (χ1n) is 8.04. The van der Waals surface area contributed by atoms with E-state index in [9.17, 15) is 14.7 Å². The maximum absolute atomic E-state index is 12.1. The monoisotopic (exact) mass is 304 g/mol. The summed E-state index contributed by atoms with van der Waals surface area (Å²) in [5.74, 6) is -1.40. The van der Waals surface area contributed by atoms with Gasteiger partial charge in [-0.1, -0.05) is 19.1 Å². The zero-order valence-corrected chi connectivity index (χ0v) is 13.1. The molecule has 0 aliphatic carbocycles. The molecule has 0 saturated carbocycles. The van der Waals surface area contributed by atoms with Gasteiger partial charge in [-0.3, -0.25) is 4.79 Å². The molecule has 5 nitrogen and oxygen atoms in total. The van der Waals surface area contributed by atoms with Crippen molar-refractivity contribution in [3.8, 4) is 0 Å². The molecule has 1 fully saturated rings. The Balaban J connectivity index is 1.93. The summed E-state index contributed by atoms with van der Waals surface area (Å²) >= 11 is 0. The molecule has 1 aromatic rings. The van der Waals surface area contributed by atoms with Crippen molar-refractivity contribution in [1.29, 1.82) is 0 Å². The predicted octanol–water partition coefficient (Wildman–Crippen LogP) is -0.235. The Labute approximate surface area is 131 Å². The van der Waals surface area contributed by atoms with Gasteiger partial charge in [0.15, 0.2) is 0 Å². The number of aliphatic carboxylic acids is 1. The number of carbonyl (C=O) groups excluding carboxylic acids is 2. The fourth-order valence-corrected chi connectivity index (χ4v) is 2.97. The number of amides is 1. The van der Waals surface area contributed by atoms with Gasteiger partial charge in [-0.2, -0.15) is 0 Å². The Hall–Kier alpha value is -1.88. The number of likely N-dealkylation sites (tertiary alicyclic amines) is 1. The quantitative estimate of drug-likeness (QED) is 0.762. The van der Waals surface area contributed by atoms with E-state index in [-0.39, 0.29) is 12.3 Å². The minimum Gasteiger partial charge on any atom is -0.544 e. The van der Waals surface area contributed by atoms with Crippen LogP contribution in [0.15, 0.2) is 24.3 Å². The minimum absolute atomic E-state index is 0.0345. The van der Waals surface area contributed by atoms with Crippen LogP contribution in [0.25, 0.3) is 0 Å². The fraction of sp³-hybridized carbons (Fsp3) is 0.529. The number of piperidine rings is 1. The predicted molar refractivity (Wildman–Crippen MR) is 82.4 cm³/mol. The van der Waals surface area contributed by atoms with Crippen LogP contribution in [0.2, 0.25) is 0 Å². The Bertz CT molecular complexity index is 507. The van der Waals surface area contributed by atoms with Gasteiger partial charge in [-0.25, -0.2) is 0 Å². The van der Waals surface area contributed by atoms with Gasteiger partial charge in [0.25, 0.3) is 0 Å². The molecular weight excluding hydrogens is 280 g/mol. The first kappa shape index (κ1) is 16.5. The number of benzene rings is 1. The maximum Gasteiger partial charge on any atom is 0.230 e. The minimum atomic E-state index is -1.13. The van der Waals surface area contributed by atoms with Crippen LogP contribution < -0.4 is 15.3 Å². The third kappa shape index (κ3) is 4.56. The molecule has 0 spiro atoms. The molecule has 1 amide bonds. The summed E-state index contributed by atoms with van der Waals surface area (Å²) in [5.41, 5.74) is 1.90. The SMILES string of the molecule is CCc1ccc(NC(=O)C[C@H](C(=O)[O-])[NH+]2CCCCC2)cc1. The van der Waals surface area contributed by atoms with Crippen LogP contribution in [0.4, 0.5) is 5.69 Å². The molecule has 2 rings (SSSR count). The molecule has 22 heavy (non-hydrogen) atoms. The van der Waals surface area contributed by atoms with Crippen molar-refractivity contribution in [3.63, 3.8) is 0 Å². The summed E-state index contributed by atoms with van der Waals surface area (Å²) in [7, 11) is 0. The number of hydrogen-bond donors (Lipinski definition) is 2. The molecule has 2 N–H and O–H groups in total. The molecule has 0 bridgehead atoms. The lowest BCUT2D eigenvalue weighted by atomic mass is 10.1. The number of anilines is 1. The van der Waals surface area contributed by atoms with E-state index in [1.165, 1.54) is 5.56 Å². The second kappa shape index (κ2) is 7.94. The average molecular weight is 304 g/mol. The molecule has 0 aromatic heterocycles. The number of carbonyl (C=O) groups is 2. The Morgan fingerprint density at radius 2 is 1.82 bits per heavy atom. The zero-order valence-electron chi connectivity index (χ0n) is 13.1. The molecule has 1 aliphatic rings. The number of carboxylic acids is 1. The van der Waals surface area contributed by atoms with Gasteiger partial charge in [-0.15, -0.1) is 0 Å². The van der Waals surface area contributed by atoms with Crippen molar-refractivity contribution in [1.82, 2.24) is 0 Å². The first-order valence-corrected chi connectivity index (χ1v) is 8.04. The van der Waals surface area contributed by atoms with Gasteiger partial charge in [0.05, 0.1) is 25.5 Å². The highest BCUT2D eigenvalue weighted by Crippen LogP contribution is 2.10. The standard InChI is InChI=1S/C17H24N2O3/c1-2-13-6-8-14(9-7-13)18-16(20)12-15(17(21)22)19-10-4-3-5-11-19/h6-9,15H,2-5,10-12H2,1H3,(H,18,20)(H,21,22)/t15-/m1/s1. The van der Waals surface area contributed by atoms with E-state index < -0.39 is 12.0 Å². The van der Waals surface area contributed by atoms with E-state index in [2.05, 4.69) is 12.2 Å². The van der Waals surface area contributed by atoms with E-state index in [0.29, 0.717) is 5.69 Å². The fourth-order valence-electron chi connectivity index (χ4n) is 2.97. The number of rotatable bonds is 6. The second-order valence-corrected chi connectivity index (χ2v) is 5.89. The lowest BCUT2D eigenvalue weighted by Crippen LogP contribution is -3.18. The van der Waals surface area contributed by atoms with Crippen molar-refractivity contribution >= 4 is 17.6 Å². The van der Waals surface area contributed by atoms with Gasteiger partial charge in [0, 0.05) is 5.69 Å². The maximum atomic E-state index is 12.1. The van der Waals surface area contributed by atoms with E-state index in [1.807, 2.05) is 24.3 Å². The smallest absolute Gasteiger partial charge is 0.230 e. The topological polar surface area (TPSA) is 73.7 Å². The highest BCUT2D eigenvalue weighted by Gasteiger charge is 2.27. The van der Waals surface area contributed by atoms with Crippen molar-refractivity contribution in [3.05, 3.63) is 29.8 Å². The Kier molecular flexibility index (Phi) is 5.95. The normalized spacial score (nSPS) is 17.0. The van der Waals surface area contributed by atoms with Crippen LogP contribution in [0.5, 0.6) is 0 Å². The molecule has 1 atom stereocenters. The van der Waals surface area contributed by atoms with Crippen molar-refractivity contribution < 1.29 is 19.6 Å². The van der Waals surface area contributed by atoms with Gasteiger partial charge >= 0.3 is 0 Å². The molecule has 1 saturated heterocycles. The molecule has 0 unspecified atom stereocenters. The number of aryl methyl sites for hydroxylation is 1. The van der Waals surface area contributed by atoms with Crippen LogP contribution in [0.3, 0.4) is 0 Å². The first-order chi connectivity index (χ1) is 10.6. The van der Waals surface area contributed by atoms with Crippen LogP contribution in [-0.2, 0) is 16.0 Å². The van der Waals surface area contributed by atoms with Gasteiger partial charge < -0.3 is 20.1 Å². The third-order valence-electron chi connectivity index (χ3n) is 4.31. The molecule has 0 radical (unpaired) electrons. The molecule has 1 aromatic carbocycles. The van der Waals surface area contributed by atoms with E-state index in [4.69, 9.17) is 0 Å². The number of hydrogen-bond acceptors (Lipinski definition) is 3. The van der Waals surface area contributed by atoms with Crippen LogP contribution in [-0.4, -0.2) is 31.0 Å². The molecule has 1 heterocycles. The lowest BCUT2D eigenvalue weighted by Gasteiger charge is -2.31. The number of quaternary nitrogens is 1. The van der Waals surface area contributed by atoms with Gasteiger partial charge in [0.1, 0.15) is 6.04 Å². The van der Waals surface area contributed by atoms with Crippen molar-refractivity contribution in [2.75, 3.05) is 18.4 Å². The molecule has 120 valence electrons. The highest BCUT2D eigenvalue weighted by atomic mass is 16.4. The zero-order chi connectivity index (χ0) is 15.9. The summed E-state index contributed by atoms with van der Waals surface area (Å²) in [5, 5.41) is 14.1. The largest absolute Gasteiger partial charge is 0.544 e. The van der Waals surface area contributed by atoms with E-state index >= 15 is 0 Å². The van der Waals surface area contributed by atoms with Gasteiger partial charge in [0.2, 0.25) is 5.91 Å². The summed E-state index contributed by atoms with van der Waals surface area (Å²) < 4.78 is 0. The van der Waals surface area contributed by atoms with Crippen LogP contribution in [0.1, 0.15) is 38.2 Å². The summed E-state index contributed by atoms with van der Waals surface area (Å²) in [4.78, 5) is 24.4. The van der Waals surface area contributed by atoms with E-state index in [0.717, 1.165) is 43.7 Å². The Morgan fingerprint density at radius 1 is 1.18 bits per heavy atom. The van der Waals surface area contributed by atoms with Crippen LogP contribution in [0, 0.1) is 0 Å². The highest BCUT2D eigenvalue weighted by molar-refractivity contribution is 5.93.